The van der Waals surface area contributed by atoms with E-state index in [0.717, 1.165) is 43.2 Å². The van der Waals surface area contributed by atoms with E-state index in [1.165, 1.54) is 36.1 Å². The van der Waals surface area contributed by atoms with Gasteiger partial charge < -0.3 is 19.9 Å². The van der Waals surface area contributed by atoms with Crippen LogP contribution in [-0.4, -0.2) is 73.8 Å². The maximum absolute atomic E-state index is 13.2. The minimum absolute atomic E-state index is 0.0595. The summed E-state index contributed by atoms with van der Waals surface area (Å²) in [5.41, 5.74) is 4.36. The van der Waals surface area contributed by atoms with E-state index in [2.05, 4.69) is 21.0 Å². The molecule has 0 atom stereocenters. The number of likely N-dealkylation sites (N-methyl/N-ethyl adjacent to an activating group) is 1. The molecule has 1 aliphatic carbocycles. The van der Waals surface area contributed by atoms with Crippen LogP contribution in [0.15, 0.2) is 42.5 Å². The Morgan fingerprint density at radius 2 is 1.86 bits per heavy atom. The quantitative estimate of drug-likeness (QED) is 0.493. The van der Waals surface area contributed by atoms with E-state index in [1.807, 2.05) is 31.1 Å². The second kappa shape index (κ2) is 11.5. The number of nitrogens with zero attached hydrogens (tertiary/aromatic N) is 3. The third-order valence-electron chi connectivity index (χ3n) is 6.70. The van der Waals surface area contributed by atoms with Crippen molar-refractivity contribution >= 4 is 11.6 Å². The van der Waals surface area contributed by atoms with Crippen LogP contribution in [0, 0.1) is 5.92 Å². The molecule has 9 heteroatoms. The third-order valence-corrected chi connectivity index (χ3v) is 6.70. The molecule has 196 valence electrons. The lowest BCUT2D eigenvalue weighted by molar-refractivity contribution is -0.274. The lowest BCUT2D eigenvalue weighted by Gasteiger charge is -2.31. The van der Waals surface area contributed by atoms with Gasteiger partial charge in [0.15, 0.2) is 0 Å². The minimum Gasteiger partial charge on any atom is -0.406 e. The Kier molecular flexibility index (Phi) is 8.41. The molecule has 0 saturated heterocycles. The van der Waals surface area contributed by atoms with Crippen molar-refractivity contribution in [2.24, 2.45) is 5.92 Å². The second-order valence-corrected chi connectivity index (χ2v) is 10.0. The van der Waals surface area contributed by atoms with Gasteiger partial charge in [0.2, 0.25) is 5.91 Å². The molecule has 0 unspecified atom stereocenters. The minimum atomic E-state index is -4.73. The van der Waals surface area contributed by atoms with Gasteiger partial charge in [0.25, 0.3) is 0 Å². The van der Waals surface area contributed by atoms with Crippen molar-refractivity contribution in [1.29, 1.82) is 0 Å². The zero-order chi connectivity index (χ0) is 25.7. The van der Waals surface area contributed by atoms with Crippen molar-refractivity contribution in [3.8, 4) is 5.75 Å². The van der Waals surface area contributed by atoms with E-state index in [1.54, 1.807) is 17.0 Å². The molecule has 0 aromatic heterocycles. The van der Waals surface area contributed by atoms with Crippen LogP contribution in [0.4, 0.5) is 18.9 Å². The first-order chi connectivity index (χ1) is 17.2. The van der Waals surface area contributed by atoms with Crippen molar-refractivity contribution in [2.75, 3.05) is 52.1 Å². The van der Waals surface area contributed by atoms with Crippen molar-refractivity contribution in [1.82, 2.24) is 14.7 Å². The summed E-state index contributed by atoms with van der Waals surface area (Å²) >= 11 is 0. The molecule has 4 rings (SSSR count). The Labute approximate surface area is 211 Å². The van der Waals surface area contributed by atoms with Crippen molar-refractivity contribution in [3.63, 3.8) is 0 Å². The number of alkyl halides is 3. The van der Waals surface area contributed by atoms with Gasteiger partial charge in [0, 0.05) is 45.0 Å². The summed E-state index contributed by atoms with van der Waals surface area (Å²) in [6.45, 7) is 4.79. The van der Waals surface area contributed by atoms with E-state index in [4.69, 9.17) is 0 Å². The fourth-order valence-corrected chi connectivity index (χ4v) is 4.54. The maximum atomic E-state index is 13.2. The molecule has 1 N–H and O–H groups in total. The molecule has 1 saturated carbocycles. The van der Waals surface area contributed by atoms with Crippen LogP contribution in [-0.2, 0) is 24.3 Å². The van der Waals surface area contributed by atoms with Crippen LogP contribution >= 0.6 is 0 Å². The van der Waals surface area contributed by atoms with Crippen LogP contribution in [0.5, 0.6) is 5.75 Å². The Morgan fingerprint density at radius 3 is 2.53 bits per heavy atom. The van der Waals surface area contributed by atoms with Crippen molar-refractivity contribution in [2.45, 2.75) is 38.7 Å². The van der Waals surface area contributed by atoms with Gasteiger partial charge in [-0.05, 0) is 74.2 Å². The molecule has 0 bridgehead atoms. The summed E-state index contributed by atoms with van der Waals surface area (Å²) in [5.74, 6) is 0.506. The van der Waals surface area contributed by atoms with Crippen molar-refractivity contribution < 1.29 is 22.7 Å². The number of anilines is 1. The largest absolute Gasteiger partial charge is 0.573 e. The molecule has 6 nitrogen and oxygen atoms in total. The van der Waals surface area contributed by atoms with E-state index >= 15 is 0 Å². The van der Waals surface area contributed by atoms with Gasteiger partial charge in [-0.3, -0.25) is 9.69 Å². The molecule has 0 spiro atoms. The van der Waals surface area contributed by atoms with Crippen LogP contribution in [0.3, 0.4) is 0 Å². The summed E-state index contributed by atoms with van der Waals surface area (Å²) in [4.78, 5) is 19.5. The zero-order valence-electron chi connectivity index (χ0n) is 21.0. The van der Waals surface area contributed by atoms with Crippen LogP contribution < -0.4 is 10.1 Å². The Balaban J connectivity index is 1.39. The maximum Gasteiger partial charge on any atom is 0.573 e. The molecule has 2 aliphatic rings. The van der Waals surface area contributed by atoms with E-state index < -0.39 is 6.36 Å². The van der Waals surface area contributed by atoms with Gasteiger partial charge in [-0.15, -0.1) is 13.2 Å². The number of hydrogen-bond donors (Lipinski definition) is 1. The number of fused-ring (bicyclic) bond motifs is 1. The fraction of sp³-hybridized carbons (Fsp3) is 0.519. The molecule has 36 heavy (non-hydrogen) atoms. The number of amides is 1. The zero-order valence-corrected chi connectivity index (χ0v) is 21.0. The monoisotopic (exact) mass is 504 g/mol. The number of ether oxygens (including phenoxy) is 1. The number of hydrogen-bond acceptors (Lipinski definition) is 5. The lowest BCUT2D eigenvalue weighted by atomic mass is 9.97. The van der Waals surface area contributed by atoms with E-state index in [0.29, 0.717) is 19.6 Å². The normalized spacial score (nSPS) is 16.1. The molecular formula is C27H35F3N4O2. The summed E-state index contributed by atoms with van der Waals surface area (Å²) in [7, 11) is 3.88. The SMILES string of the molecule is CN(C)CCN(Cc1ccc(OC(F)(F)F)cc1)C(=O)CNc1cccc2c1CN(CC1CC1)CC2. The first-order valence-electron chi connectivity index (χ1n) is 12.5. The highest BCUT2D eigenvalue weighted by Crippen LogP contribution is 2.33. The average Bonchev–Trinajstić information content (AvgIpc) is 3.64. The number of nitrogens with one attached hydrogen (secondary N) is 1. The number of halogens is 3. The summed E-state index contributed by atoms with van der Waals surface area (Å²) in [6.07, 6.45) is -1.04. The summed E-state index contributed by atoms with van der Waals surface area (Å²) < 4.78 is 41.3. The molecule has 1 heterocycles. The van der Waals surface area contributed by atoms with Gasteiger partial charge in [0.1, 0.15) is 5.75 Å². The average molecular weight is 505 g/mol. The topological polar surface area (TPSA) is 48.1 Å². The van der Waals surface area contributed by atoms with E-state index in [9.17, 15) is 18.0 Å². The molecule has 1 aliphatic heterocycles. The van der Waals surface area contributed by atoms with Gasteiger partial charge in [-0.2, -0.15) is 0 Å². The Morgan fingerprint density at radius 1 is 1.11 bits per heavy atom. The third kappa shape index (κ3) is 7.86. The number of carbonyl (C=O) groups excluding carboxylic acids is 1. The van der Waals surface area contributed by atoms with E-state index in [-0.39, 0.29) is 18.2 Å². The molecular weight excluding hydrogens is 469 g/mol. The Hall–Kier alpha value is -2.78. The predicted octanol–water partition coefficient (Wildman–Crippen LogP) is 4.36. The fourth-order valence-electron chi connectivity index (χ4n) is 4.54. The lowest BCUT2D eigenvalue weighted by Crippen LogP contribution is -2.39. The van der Waals surface area contributed by atoms with Crippen molar-refractivity contribution in [3.05, 3.63) is 59.2 Å². The molecule has 2 aromatic rings. The molecule has 1 amide bonds. The molecule has 1 fully saturated rings. The van der Waals surface area contributed by atoms with Crippen LogP contribution in [0.1, 0.15) is 29.5 Å². The summed E-state index contributed by atoms with van der Waals surface area (Å²) in [5, 5.41) is 3.37. The van der Waals surface area contributed by atoms with Crippen LogP contribution in [0.2, 0.25) is 0 Å². The number of benzene rings is 2. The predicted molar refractivity (Wildman–Crippen MR) is 134 cm³/mol. The first-order valence-corrected chi connectivity index (χ1v) is 12.5. The van der Waals surface area contributed by atoms with Gasteiger partial charge in [-0.25, -0.2) is 0 Å². The Bertz CT molecular complexity index is 1020. The van der Waals surface area contributed by atoms with Crippen LogP contribution in [0.25, 0.3) is 0 Å². The van der Waals surface area contributed by atoms with Gasteiger partial charge >= 0.3 is 6.36 Å². The first kappa shape index (κ1) is 26.3. The summed E-state index contributed by atoms with van der Waals surface area (Å²) in [6, 6.07) is 11.9. The van der Waals surface area contributed by atoms with Gasteiger partial charge in [-0.1, -0.05) is 24.3 Å². The standard InChI is InChI=1S/C27H35F3N4O2/c1-32(2)14-15-34(18-21-8-10-23(11-9-21)36-27(28,29)30)26(35)16-31-25-5-3-4-22-12-13-33(19-24(22)25)17-20-6-7-20/h3-5,8-11,20,31H,6-7,12-19H2,1-2H3. The highest BCUT2D eigenvalue weighted by molar-refractivity contribution is 5.81. The molecule has 0 radical (unpaired) electrons. The van der Waals surface area contributed by atoms with Gasteiger partial charge in [0.05, 0.1) is 6.54 Å². The number of rotatable bonds is 11. The molecule has 2 aromatic carbocycles. The highest BCUT2D eigenvalue weighted by atomic mass is 19.4. The highest BCUT2D eigenvalue weighted by Gasteiger charge is 2.31. The smallest absolute Gasteiger partial charge is 0.406 e. The second-order valence-electron chi connectivity index (χ2n) is 10.0. The number of carbonyl (C=O) groups is 1.